The highest BCUT2D eigenvalue weighted by Crippen LogP contribution is 2.16. The monoisotopic (exact) mass is 301 g/mol. The Labute approximate surface area is 120 Å². The lowest BCUT2D eigenvalue weighted by Crippen LogP contribution is -2.39. The van der Waals surface area contributed by atoms with Crippen LogP contribution in [0.2, 0.25) is 0 Å². The van der Waals surface area contributed by atoms with Crippen LogP contribution in [-0.4, -0.2) is 48.5 Å². The van der Waals surface area contributed by atoms with Crippen molar-refractivity contribution in [2.75, 3.05) is 43.4 Å². The van der Waals surface area contributed by atoms with Crippen molar-refractivity contribution in [1.29, 1.82) is 0 Å². The summed E-state index contributed by atoms with van der Waals surface area (Å²) in [6.45, 7) is 3.15. The van der Waals surface area contributed by atoms with Crippen molar-refractivity contribution in [3.63, 3.8) is 0 Å². The summed E-state index contributed by atoms with van der Waals surface area (Å²) in [7, 11) is 0. The molecule has 1 aliphatic rings. The minimum Gasteiger partial charge on any atom is -0.396 e. The lowest BCUT2D eigenvalue weighted by molar-refractivity contribution is 0.0945. The predicted molar refractivity (Wildman–Crippen MR) is 76.9 cm³/mol. The molecule has 1 aromatic rings. The van der Waals surface area contributed by atoms with E-state index >= 15 is 0 Å². The van der Waals surface area contributed by atoms with Gasteiger partial charge in [0.15, 0.2) is 0 Å². The third kappa shape index (κ3) is 3.83. The summed E-state index contributed by atoms with van der Waals surface area (Å²) < 4.78 is 26.5. The van der Waals surface area contributed by atoms with Gasteiger partial charge in [-0.25, -0.2) is 8.78 Å². The van der Waals surface area contributed by atoms with Gasteiger partial charge in [0.1, 0.15) is 11.6 Å². The number of hydrogen-bond acceptors (Lipinski definition) is 4. The fourth-order valence-electron chi connectivity index (χ4n) is 1.99. The summed E-state index contributed by atoms with van der Waals surface area (Å²) in [5, 5.41) is 2.63. The Hall–Kier alpha value is -1.34. The van der Waals surface area contributed by atoms with E-state index in [0.29, 0.717) is 12.6 Å². The number of rotatable bonds is 4. The fraction of sp³-hybridized carbons (Fsp3) is 0.462. The van der Waals surface area contributed by atoms with E-state index in [1.807, 2.05) is 11.8 Å². The van der Waals surface area contributed by atoms with Crippen LogP contribution in [0.5, 0.6) is 0 Å². The zero-order chi connectivity index (χ0) is 14.5. The maximum atomic E-state index is 13.5. The molecule has 1 fully saturated rings. The molecule has 0 aliphatic carbocycles. The van der Waals surface area contributed by atoms with E-state index < -0.39 is 17.5 Å². The summed E-state index contributed by atoms with van der Waals surface area (Å²) in [5.41, 5.74) is 4.88. The quantitative estimate of drug-likeness (QED) is 0.824. The van der Waals surface area contributed by atoms with Gasteiger partial charge in [-0.3, -0.25) is 9.69 Å². The number of amides is 1. The van der Waals surface area contributed by atoms with Crippen molar-refractivity contribution in [1.82, 2.24) is 10.2 Å². The standard InChI is InChI=1S/C13H17F2N3OS/c14-10-8-11(15)12(16)7-9(10)13(19)17-1-2-18-3-5-20-6-4-18/h7-8H,1-6,16H2,(H,17,19). The van der Waals surface area contributed by atoms with Crippen LogP contribution in [0, 0.1) is 11.6 Å². The van der Waals surface area contributed by atoms with E-state index in [9.17, 15) is 13.6 Å². The van der Waals surface area contributed by atoms with Crippen LogP contribution in [0.4, 0.5) is 14.5 Å². The molecule has 0 saturated carbocycles. The van der Waals surface area contributed by atoms with Gasteiger partial charge < -0.3 is 11.1 Å². The lowest BCUT2D eigenvalue weighted by Gasteiger charge is -2.26. The number of carbonyl (C=O) groups is 1. The van der Waals surface area contributed by atoms with E-state index in [4.69, 9.17) is 5.73 Å². The van der Waals surface area contributed by atoms with Crippen LogP contribution in [0.25, 0.3) is 0 Å². The molecular weight excluding hydrogens is 284 g/mol. The van der Waals surface area contributed by atoms with Gasteiger partial charge in [-0.15, -0.1) is 0 Å². The molecule has 1 heterocycles. The number of hydrogen-bond donors (Lipinski definition) is 2. The Balaban J connectivity index is 1.87. The number of nitrogens with two attached hydrogens (primary N) is 1. The predicted octanol–water partition coefficient (Wildman–Crippen LogP) is 1.33. The van der Waals surface area contributed by atoms with Crippen LogP contribution in [0.3, 0.4) is 0 Å². The van der Waals surface area contributed by atoms with Gasteiger partial charge >= 0.3 is 0 Å². The zero-order valence-corrected chi connectivity index (χ0v) is 11.8. The van der Waals surface area contributed by atoms with Crippen LogP contribution >= 0.6 is 11.8 Å². The van der Waals surface area contributed by atoms with Gasteiger partial charge in [-0.05, 0) is 6.07 Å². The number of nitrogens with one attached hydrogen (secondary N) is 1. The van der Waals surface area contributed by atoms with Crippen molar-refractivity contribution in [3.05, 3.63) is 29.3 Å². The van der Waals surface area contributed by atoms with Crippen molar-refractivity contribution >= 4 is 23.4 Å². The molecule has 1 amide bonds. The molecule has 0 atom stereocenters. The number of halogens is 2. The third-order valence-electron chi connectivity index (χ3n) is 3.15. The first kappa shape index (κ1) is 15.1. The second-order valence-corrected chi connectivity index (χ2v) is 5.79. The van der Waals surface area contributed by atoms with Gasteiger partial charge in [0.2, 0.25) is 0 Å². The van der Waals surface area contributed by atoms with Crippen LogP contribution < -0.4 is 11.1 Å². The van der Waals surface area contributed by atoms with E-state index in [0.717, 1.165) is 37.2 Å². The highest BCUT2D eigenvalue weighted by atomic mass is 32.2. The molecule has 2 rings (SSSR count). The minimum absolute atomic E-state index is 0.224. The molecule has 1 aromatic carbocycles. The molecule has 1 aliphatic heterocycles. The van der Waals surface area contributed by atoms with Gasteiger partial charge in [-0.1, -0.05) is 0 Å². The summed E-state index contributed by atoms with van der Waals surface area (Å²) in [4.78, 5) is 14.1. The molecule has 0 spiro atoms. The Morgan fingerprint density at radius 2 is 2.00 bits per heavy atom. The first-order valence-electron chi connectivity index (χ1n) is 6.41. The lowest BCUT2D eigenvalue weighted by atomic mass is 10.1. The second-order valence-electron chi connectivity index (χ2n) is 4.56. The van der Waals surface area contributed by atoms with Gasteiger partial charge in [0.25, 0.3) is 5.91 Å². The van der Waals surface area contributed by atoms with Crippen LogP contribution in [0.1, 0.15) is 10.4 Å². The van der Waals surface area contributed by atoms with Gasteiger partial charge in [-0.2, -0.15) is 11.8 Å². The number of nitrogen functional groups attached to an aromatic ring is 1. The van der Waals surface area contributed by atoms with E-state index in [1.165, 1.54) is 0 Å². The normalized spacial score (nSPS) is 16.1. The Bertz CT molecular complexity index is 493. The molecule has 1 saturated heterocycles. The molecule has 0 radical (unpaired) electrons. The number of thioether (sulfide) groups is 1. The number of nitrogens with zero attached hydrogens (tertiary/aromatic N) is 1. The van der Waals surface area contributed by atoms with Crippen molar-refractivity contribution in [2.45, 2.75) is 0 Å². The molecular formula is C13H17F2N3OS. The minimum atomic E-state index is -0.899. The summed E-state index contributed by atoms with van der Waals surface area (Å²) >= 11 is 1.91. The molecule has 0 unspecified atom stereocenters. The second kappa shape index (κ2) is 6.90. The smallest absolute Gasteiger partial charge is 0.254 e. The topological polar surface area (TPSA) is 58.4 Å². The highest BCUT2D eigenvalue weighted by molar-refractivity contribution is 7.99. The molecule has 0 bridgehead atoms. The van der Waals surface area contributed by atoms with Gasteiger partial charge in [0, 0.05) is 43.8 Å². The average molecular weight is 301 g/mol. The molecule has 4 nitrogen and oxygen atoms in total. The SMILES string of the molecule is Nc1cc(C(=O)NCCN2CCSCC2)c(F)cc1F. The summed E-state index contributed by atoms with van der Waals surface area (Å²) in [5.74, 6) is -0.136. The molecule has 20 heavy (non-hydrogen) atoms. The summed E-state index contributed by atoms with van der Waals surface area (Å²) in [6.07, 6.45) is 0. The number of benzene rings is 1. The van der Waals surface area contributed by atoms with Crippen LogP contribution in [0.15, 0.2) is 12.1 Å². The maximum absolute atomic E-state index is 13.5. The van der Waals surface area contributed by atoms with Gasteiger partial charge in [0.05, 0.1) is 11.3 Å². The maximum Gasteiger partial charge on any atom is 0.254 e. The zero-order valence-electron chi connectivity index (χ0n) is 11.0. The molecule has 3 N–H and O–H groups in total. The van der Waals surface area contributed by atoms with Crippen molar-refractivity contribution < 1.29 is 13.6 Å². The van der Waals surface area contributed by atoms with Crippen molar-refractivity contribution in [2.24, 2.45) is 0 Å². The molecule has 7 heteroatoms. The Morgan fingerprint density at radius 3 is 2.70 bits per heavy atom. The summed E-state index contributed by atoms with van der Waals surface area (Å²) in [6, 6.07) is 1.66. The molecule has 110 valence electrons. The highest BCUT2D eigenvalue weighted by Gasteiger charge is 2.15. The number of carbonyl (C=O) groups excluding carboxylic acids is 1. The van der Waals surface area contributed by atoms with Crippen molar-refractivity contribution in [3.8, 4) is 0 Å². The largest absolute Gasteiger partial charge is 0.396 e. The van der Waals surface area contributed by atoms with E-state index in [1.54, 1.807) is 0 Å². The third-order valence-corrected chi connectivity index (χ3v) is 4.09. The van der Waals surface area contributed by atoms with E-state index in [-0.39, 0.29) is 11.3 Å². The van der Waals surface area contributed by atoms with Crippen LogP contribution in [-0.2, 0) is 0 Å². The Kier molecular flexibility index (Phi) is 5.19. The number of anilines is 1. The Morgan fingerprint density at radius 1 is 1.30 bits per heavy atom. The first-order valence-corrected chi connectivity index (χ1v) is 7.56. The van der Waals surface area contributed by atoms with E-state index in [2.05, 4.69) is 10.2 Å². The molecule has 0 aromatic heterocycles. The average Bonchev–Trinajstić information content (AvgIpc) is 2.44. The fourth-order valence-corrected chi connectivity index (χ4v) is 2.97. The first-order chi connectivity index (χ1) is 9.58.